The highest BCUT2D eigenvalue weighted by Gasteiger charge is 2.18. The number of anilines is 2. The zero-order valence-corrected chi connectivity index (χ0v) is 15.4. The lowest BCUT2D eigenvalue weighted by Gasteiger charge is -2.36. The summed E-state index contributed by atoms with van der Waals surface area (Å²) in [4.78, 5) is 33.5. The summed E-state index contributed by atoms with van der Waals surface area (Å²) in [5.74, 6) is 0.230. The van der Waals surface area contributed by atoms with Crippen molar-refractivity contribution in [1.29, 1.82) is 0 Å². The topological polar surface area (TPSA) is 104 Å². The number of carbonyl (C=O) groups excluding carboxylic acids is 1. The molecule has 3 aromatic rings. The van der Waals surface area contributed by atoms with E-state index in [4.69, 9.17) is 0 Å². The maximum Gasteiger partial charge on any atom is 0.323 e. The molecule has 4 N–H and O–H groups in total. The average molecular weight is 381 g/mol. The lowest BCUT2D eigenvalue weighted by Crippen LogP contribution is -2.47. The van der Waals surface area contributed by atoms with Crippen LogP contribution in [0.25, 0.3) is 11.0 Å². The Kier molecular flexibility index (Phi) is 5.03. The van der Waals surface area contributed by atoms with E-state index < -0.39 is 0 Å². The van der Waals surface area contributed by atoms with Crippen molar-refractivity contribution in [1.82, 2.24) is 14.9 Å². The van der Waals surface area contributed by atoms with E-state index in [9.17, 15) is 14.7 Å². The van der Waals surface area contributed by atoms with Crippen LogP contribution in [0.4, 0.5) is 11.4 Å². The number of hydrogen-bond acceptors (Lipinski definition) is 5. The molecule has 0 unspecified atom stereocenters. The number of fused-ring (bicyclic) bond motifs is 1. The van der Waals surface area contributed by atoms with Crippen LogP contribution in [-0.4, -0.2) is 58.6 Å². The van der Waals surface area contributed by atoms with Crippen LogP contribution in [0.3, 0.4) is 0 Å². The van der Waals surface area contributed by atoms with E-state index in [1.807, 2.05) is 12.1 Å². The Labute approximate surface area is 161 Å². The molecule has 0 atom stereocenters. The van der Waals surface area contributed by atoms with Gasteiger partial charge in [0.1, 0.15) is 5.75 Å². The fourth-order valence-electron chi connectivity index (χ4n) is 3.49. The summed E-state index contributed by atoms with van der Waals surface area (Å²) >= 11 is 0. The first-order valence-corrected chi connectivity index (χ1v) is 9.35. The SMILES string of the molecule is O=C(CCN1CCN(c2ccc(O)cc2)CC1)Nc1ccc2[nH]c(=O)[nH]c2c1. The molecule has 0 aliphatic carbocycles. The second-order valence-electron chi connectivity index (χ2n) is 6.98. The fourth-order valence-corrected chi connectivity index (χ4v) is 3.49. The van der Waals surface area contributed by atoms with Crippen molar-refractivity contribution in [3.05, 3.63) is 52.9 Å². The minimum absolute atomic E-state index is 0.0433. The molecule has 1 saturated heterocycles. The van der Waals surface area contributed by atoms with Gasteiger partial charge in [0.25, 0.3) is 0 Å². The molecule has 0 saturated carbocycles. The molecule has 2 heterocycles. The molecule has 8 nitrogen and oxygen atoms in total. The zero-order chi connectivity index (χ0) is 19.5. The average Bonchev–Trinajstić information content (AvgIpc) is 3.07. The number of aromatic amines is 2. The van der Waals surface area contributed by atoms with E-state index in [2.05, 4.69) is 25.1 Å². The number of H-pyrrole nitrogens is 2. The highest BCUT2D eigenvalue weighted by atomic mass is 16.3. The number of phenolic OH excluding ortho intramolecular Hbond substituents is 1. The molecule has 1 aliphatic heterocycles. The summed E-state index contributed by atoms with van der Waals surface area (Å²) in [6.45, 7) is 4.28. The van der Waals surface area contributed by atoms with Crippen LogP contribution in [0.2, 0.25) is 0 Å². The summed E-state index contributed by atoms with van der Waals surface area (Å²) in [7, 11) is 0. The van der Waals surface area contributed by atoms with Crippen molar-refractivity contribution in [3.63, 3.8) is 0 Å². The van der Waals surface area contributed by atoms with Gasteiger partial charge in [0, 0.05) is 50.5 Å². The maximum absolute atomic E-state index is 12.3. The highest BCUT2D eigenvalue weighted by molar-refractivity contribution is 5.93. The van der Waals surface area contributed by atoms with E-state index in [0.29, 0.717) is 24.2 Å². The molecule has 1 fully saturated rings. The number of benzene rings is 2. The molecule has 1 aromatic heterocycles. The summed E-state index contributed by atoms with van der Waals surface area (Å²) in [6.07, 6.45) is 0.418. The molecule has 146 valence electrons. The lowest BCUT2D eigenvalue weighted by atomic mass is 10.2. The minimum atomic E-state index is -0.259. The molecule has 4 rings (SSSR count). The lowest BCUT2D eigenvalue weighted by molar-refractivity contribution is -0.116. The van der Waals surface area contributed by atoms with E-state index in [0.717, 1.165) is 37.4 Å². The largest absolute Gasteiger partial charge is 0.508 e. The van der Waals surface area contributed by atoms with Crippen molar-refractivity contribution >= 4 is 28.3 Å². The number of phenols is 1. The quantitative estimate of drug-likeness (QED) is 0.539. The Balaban J connectivity index is 1.24. The number of aromatic hydroxyl groups is 1. The predicted octanol–water partition coefficient (Wildman–Crippen LogP) is 1.71. The highest BCUT2D eigenvalue weighted by Crippen LogP contribution is 2.20. The fraction of sp³-hybridized carbons (Fsp3) is 0.300. The number of nitrogens with one attached hydrogen (secondary N) is 3. The third-order valence-corrected chi connectivity index (χ3v) is 5.04. The molecular weight excluding hydrogens is 358 g/mol. The minimum Gasteiger partial charge on any atom is -0.508 e. The Bertz CT molecular complexity index is 1020. The Morgan fingerprint density at radius 1 is 1.00 bits per heavy atom. The molecule has 0 spiro atoms. The smallest absolute Gasteiger partial charge is 0.323 e. The first kappa shape index (κ1) is 18.1. The summed E-state index contributed by atoms with van der Waals surface area (Å²) < 4.78 is 0. The van der Waals surface area contributed by atoms with Gasteiger partial charge in [0.2, 0.25) is 5.91 Å². The Hall–Kier alpha value is -3.26. The van der Waals surface area contributed by atoms with Crippen LogP contribution in [0.5, 0.6) is 5.75 Å². The van der Waals surface area contributed by atoms with Gasteiger partial charge in [-0.15, -0.1) is 0 Å². The summed E-state index contributed by atoms with van der Waals surface area (Å²) in [5, 5.41) is 12.3. The Morgan fingerprint density at radius 2 is 1.71 bits per heavy atom. The van der Waals surface area contributed by atoms with Crippen molar-refractivity contribution in [2.45, 2.75) is 6.42 Å². The predicted molar refractivity (Wildman–Crippen MR) is 109 cm³/mol. The van der Waals surface area contributed by atoms with E-state index in [1.54, 1.807) is 30.3 Å². The monoisotopic (exact) mass is 381 g/mol. The van der Waals surface area contributed by atoms with Gasteiger partial charge >= 0.3 is 5.69 Å². The maximum atomic E-state index is 12.3. The molecular formula is C20H23N5O3. The normalized spacial score (nSPS) is 15.1. The van der Waals surface area contributed by atoms with Crippen molar-refractivity contribution in [2.24, 2.45) is 0 Å². The number of piperazine rings is 1. The van der Waals surface area contributed by atoms with Gasteiger partial charge in [0.05, 0.1) is 11.0 Å². The second kappa shape index (κ2) is 7.77. The van der Waals surface area contributed by atoms with E-state index in [-0.39, 0.29) is 17.3 Å². The molecule has 1 aliphatic rings. The van der Waals surface area contributed by atoms with Crippen LogP contribution in [0.15, 0.2) is 47.3 Å². The number of aromatic nitrogens is 2. The number of amides is 1. The second-order valence-corrected chi connectivity index (χ2v) is 6.98. The van der Waals surface area contributed by atoms with Gasteiger partial charge in [-0.1, -0.05) is 0 Å². The molecule has 1 amide bonds. The van der Waals surface area contributed by atoms with Crippen LogP contribution in [-0.2, 0) is 4.79 Å². The van der Waals surface area contributed by atoms with Crippen LogP contribution < -0.4 is 15.9 Å². The van der Waals surface area contributed by atoms with Gasteiger partial charge in [-0.3, -0.25) is 9.69 Å². The number of rotatable bonds is 5. The number of hydrogen-bond donors (Lipinski definition) is 4. The van der Waals surface area contributed by atoms with Gasteiger partial charge < -0.3 is 25.3 Å². The van der Waals surface area contributed by atoms with Crippen LogP contribution in [0, 0.1) is 0 Å². The van der Waals surface area contributed by atoms with Crippen molar-refractivity contribution in [3.8, 4) is 5.75 Å². The number of carbonyl (C=O) groups is 1. The number of imidazole rings is 1. The van der Waals surface area contributed by atoms with E-state index >= 15 is 0 Å². The number of nitrogens with zero attached hydrogens (tertiary/aromatic N) is 2. The first-order valence-electron chi connectivity index (χ1n) is 9.35. The third-order valence-electron chi connectivity index (χ3n) is 5.04. The van der Waals surface area contributed by atoms with E-state index in [1.165, 1.54) is 0 Å². The Morgan fingerprint density at radius 3 is 2.46 bits per heavy atom. The molecule has 0 radical (unpaired) electrons. The summed E-state index contributed by atoms with van der Waals surface area (Å²) in [5.41, 5.74) is 2.91. The summed E-state index contributed by atoms with van der Waals surface area (Å²) in [6, 6.07) is 12.5. The van der Waals surface area contributed by atoms with Gasteiger partial charge in [-0.2, -0.15) is 0 Å². The molecule has 28 heavy (non-hydrogen) atoms. The molecule has 0 bridgehead atoms. The van der Waals surface area contributed by atoms with Crippen molar-refractivity contribution in [2.75, 3.05) is 42.9 Å². The standard InChI is InChI=1S/C20H23N5O3/c26-16-4-2-15(3-5-16)25-11-9-24(10-12-25)8-7-19(27)21-14-1-6-17-18(13-14)23-20(28)22-17/h1-6,13,26H,7-12H2,(H,21,27)(H2,22,23,28). The molecule has 8 heteroatoms. The van der Waals surface area contributed by atoms with Gasteiger partial charge in [0.15, 0.2) is 0 Å². The van der Waals surface area contributed by atoms with Crippen LogP contribution >= 0.6 is 0 Å². The van der Waals surface area contributed by atoms with Crippen molar-refractivity contribution < 1.29 is 9.90 Å². The molecule has 2 aromatic carbocycles. The van der Waals surface area contributed by atoms with Gasteiger partial charge in [-0.05, 0) is 42.5 Å². The third kappa shape index (κ3) is 4.17. The van der Waals surface area contributed by atoms with Gasteiger partial charge in [-0.25, -0.2) is 4.79 Å². The zero-order valence-electron chi connectivity index (χ0n) is 15.4. The van der Waals surface area contributed by atoms with Crippen LogP contribution in [0.1, 0.15) is 6.42 Å². The first-order chi connectivity index (χ1) is 13.6.